The van der Waals surface area contributed by atoms with Crippen molar-refractivity contribution in [3.8, 4) is 16.9 Å². The molecule has 0 bridgehead atoms. The van der Waals surface area contributed by atoms with Crippen molar-refractivity contribution in [2.24, 2.45) is 5.92 Å². The van der Waals surface area contributed by atoms with Crippen LogP contribution in [0.1, 0.15) is 18.5 Å². The summed E-state index contributed by atoms with van der Waals surface area (Å²) in [6.07, 6.45) is 1.18. The molecule has 0 spiro atoms. The summed E-state index contributed by atoms with van der Waals surface area (Å²) in [4.78, 5) is 16.2. The van der Waals surface area contributed by atoms with Crippen LogP contribution in [0.5, 0.6) is 5.75 Å². The largest absolute Gasteiger partial charge is 0.487 e. The van der Waals surface area contributed by atoms with Crippen molar-refractivity contribution in [1.82, 2.24) is 9.88 Å². The zero-order valence-corrected chi connectivity index (χ0v) is 17.4. The summed E-state index contributed by atoms with van der Waals surface area (Å²) in [6.45, 7) is 2.38. The van der Waals surface area contributed by atoms with Crippen LogP contribution in [0.4, 0.5) is 13.6 Å². The minimum Gasteiger partial charge on any atom is -0.487 e. The average molecular weight is 440 g/mol. The van der Waals surface area contributed by atoms with Crippen LogP contribution >= 0.6 is 0 Å². The first-order chi connectivity index (χ1) is 14.1. The lowest BCUT2D eigenvalue weighted by Crippen LogP contribution is -2.38. The number of ether oxygens (including phenoxy) is 1. The van der Waals surface area contributed by atoms with Gasteiger partial charge in [0.1, 0.15) is 0 Å². The third-order valence-electron chi connectivity index (χ3n) is 5.10. The van der Waals surface area contributed by atoms with E-state index in [1.807, 2.05) is 0 Å². The number of amides is 1. The molecule has 0 atom stereocenters. The fourth-order valence-electron chi connectivity index (χ4n) is 3.40. The van der Waals surface area contributed by atoms with Crippen LogP contribution < -0.4 is 4.74 Å². The van der Waals surface area contributed by atoms with Gasteiger partial charge < -0.3 is 14.7 Å². The summed E-state index contributed by atoms with van der Waals surface area (Å²) in [6, 6.07) is 5.00. The Morgan fingerprint density at radius 1 is 1.23 bits per heavy atom. The Balaban J connectivity index is 1.74. The number of carboxylic acid groups (broad SMARTS) is 1. The SMILES string of the molecule is Cc1nc(S(C)(=O)=O)ccc1-c1cc(F)c(OCC2CCN(C(=O)O)CC2)c(F)c1. The Bertz CT molecular complexity index is 1040. The van der Waals surface area contributed by atoms with Gasteiger partial charge in [0, 0.05) is 30.6 Å². The topological polar surface area (TPSA) is 96.8 Å². The first-order valence-corrected chi connectivity index (χ1v) is 11.2. The Morgan fingerprint density at radius 3 is 2.33 bits per heavy atom. The van der Waals surface area contributed by atoms with Crippen molar-refractivity contribution in [3.05, 3.63) is 41.6 Å². The van der Waals surface area contributed by atoms with Crippen LogP contribution in [0.25, 0.3) is 11.1 Å². The monoisotopic (exact) mass is 440 g/mol. The molecule has 1 amide bonds. The number of likely N-dealkylation sites (tertiary alicyclic amines) is 1. The number of aryl methyl sites for hydroxylation is 1. The molecular weight excluding hydrogens is 418 g/mol. The van der Waals surface area contributed by atoms with Crippen LogP contribution in [0, 0.1) is 24.5 Å². The van der Waals surface area contributed by atoms with Crippen molar-refractivity contribution in [1.29, 1.82) is 0 Å². The molecule has 2 aromatic rings. The van der Waals surface area contributed by atoms with Gasteiger partial charge in [-0.3, -0.25) is 0 Å². The van der Waals surface area contributed by atoms with E-state index in [0.29, 0.717) is 37.2 Å². The molecule has 7 nitrogen and oxygen atoms in total. The van der Waals surface area contributed by atoms with Gasteiger partial charge in [0.25, 0.3) is 0 Å². The average Bonchev–Trinajstić information content (AvgIpc) is 2.66. The summed E-state index contributed by atoms with van der Waals surface area (Å²) in [5.41, 5.74) is 0.959. The van der Waals surface area contributed by atoms with Gasteiger partial charge in [-0.25, -0.2) is 27.0 Å². The lowest BCUT2D eigenvalue weighted by molar-refractivity contribution is 0.110. The lowest BCUT2D eigenvalue weighted by atomic mass is 9.98. The Hall–Kier alpha value is -2.75. The lowest BCUT2D eigenvalue weighted by Gasteiger charge is -2.29. The van der Waals surface area contributed by atoms with E-state index in [0.717, 1.165) is 18.4 Å². The smallest absolute Gasteiger partial charge is 0.407 e. The molecule has 1 aliphatic rings. The highest BCUT2D eigenvalue weighted by molar-refractivity contribution is 7.90. The first kappa shape index (κ1) is 21.9. The number of pyridine rings is 1. The minimum atomic E-state index is -3.49. The van der Waals surface area contributed by atoms with E-state index in [1.54, 1.807) is 6.92 Å². The van der Waals surface area contributed by atoms with Gasteiger partial charge in [-0.05, 0) is 55.5 Å². The summed E-state index contributed by atoms with van der Waals surface area (Å²) in [7, 11) is -3.49. The molecule has 2 heterocycles. The third-order valence-corrected chi connectivity index (χ3v) is 6.09. The van der Waals surface area contributed by atoms with Gasteiger partial charge in [0.05, 0.1) is 6.61 Å². The second-order valence-electron chi connectivity index (χ2n) is 7.35. The van der Waals surface area contributed by atoms with E-state index in [-0.39, 0.29) is 23.1 Å². The predicted octanol–water partition coefficient (Wildman–Crippen LogP) is 3.51. The van der Waals surface area contributed by atoms with E-state index in [9.17, 15) is 22.0 Å². The van der Waals surface area contributed by atoms with Crippen LogP contribution in [0.15, 0.2) is 29.3 Å². The molecule has 1 aromatic heterocycles. The van der Waals surface area contributed by atoms with Crippen molar-refractivity contribution in [2.45, 2.75) is 24.8 Å². The molecule has 0 saturated carbocycles. The van der Waals surface area contributed by atoms with Gasteiger partial charge >= 0.3 is 6.09 Å². The fraction of sp³-hybridized carbons (Fsp3) is 0.400. The van der Waals surface area contributed by atoms with Gasteiger partial charge in [-0.1, -0.05) is 0 Å². The number of sulfone groups is 1. The van der Waals surface area contributed by atoms with E-state index >= 15 is 0 Å². The number of benzene rings is 1. The van der Waals surface area contributed by atoms with Crippen molar-refractivity contribution < 1.29 is 31.8 Å². The van der Waals surface area contributed by atoms with Gasteiger partial charge in [0.15, 0.2) is 32.2 Å². The summed E-state index contributed by atoms with van der Waals surface area (Å²) >= 11 is 0. The zero-order valence-electron chi connectivity index (χ0n) is 16.6. The van der Waals surface area contributed by atoms with Gasteiger partial charge in [-0.15, -0.1) is 0 Å². The Labute approximate surface area is 173 Å². The standard InChI is InChI=1S/C20H22F2N2O5S/c1-12-15(3-4-18(23-12)30(2,27)28)14-9-16(21)19(17(22)10-14)29-11-13-5-7-24(8-6-13)20(25)26/h3-4,9-10,13H,5-8,11H2,1-2H3,(H,25,26). The van der Waals surface area contributed by atoms with E-state index in [2.05, 4.69) is 4.98 Å². The summed E-state index contributed by atoms with van der Waals surface area (Å²) < 4.78 is 57.7. The zero-order chi connectivity index (χ0) is 22.1. The quantitative estimate of drug-likeness (QED) is 0.764. The van der Waals surface area contributed by atoms with Crippen LogP contribution in [0.2, 0.25) is 0 Å². The van der Waals surface area contributed by atoms with Crippen molar-refractivity contribution in [3.63, 3.8) is 0 Å². The molecule has 0 radical (unpaired) electrons. The van der Waals surface area contributed by atoms with Crippen LogP contribution in [-0.2, 0) is 9.84 Å². The summed E-state index contributed by atoms with van der Waals surface area (Å²) in [5, 5.41) is 8.85. The Morgan fingerprint density at radius 2 is 1.83 bits per heavy atom. The fourth-order valence-corrected chi connectivity index (χ4v) is 4.01. The highest BCUT2D eigenvalue weighted by Crippen LogP contribution is 2.31. The highest BCUT2D eigenvalue weighted by atomic mass is 32.2. The van der Waals surface area contributed by atoms with Crippen molar-refractivity contribution in [2.75, 3.05) is 26.0 Å². The molecule has 3 rings (SSSR count). The molecule has 1 fully saturated rings. The number of hydrogen-bond donors (Lipinski definition) is 1. The second-order valence-corrected chi connectivity index (χ2v) is 9.31. The van der Waals surface area contributed by atoms with E-state index < -0.39 is 33.3 Å². The molecule has 1 aliphatic heterocycles. The number of hydrogen-bond acceptors (Lipinski definition) is 5. The molecule has 0 aliphatic carbocycles. The Kier molecular flexibility index (Phi) is 6.25. The summed E-state index contributed by atoms with van der Waals surface area (Å²) in [5.74, 6) is -2.23. The molecule has 30 heavy (non-hydrogen) atoms. The number of carbonyl (C=O) groups is 1. The molecular formula is C20H22F2N2O5S. The van der Waals surface area contributed by atoms with Crippen LogP contribution in [-0.4, -0.2) is 55.5 Å². The van der Waals surface area contributed by atoms with Gasteiger partial charge in [-0.2, -0.15) is 0 Å². The van der Waals surface area contributed by atoms with Gasteiger partial charge in [0.2, 0.25) is 0 Å². The minimum absolute atomic E-state index is 0.00839. The third kappa shape index (κ3) is 4.86. The molecule has 162 valence electrons. The van der Waals surface area contributed by atoms with E-state index in [1.165, 1.54) is 17.0 Å². The number of piperidine rings is 1. The normalized spacial score (nSPS) is 15.3. The molecule has 1 aromatic carbocycles. The molecule has 10 heteroatoms. The molecule has 1 saturated heterocycles. The first-order valence-electron chi connectivity index (χ1n) is 9.34. The molecule has 0 unspecified atom stereocenters. The van der Waals surface area contributed by atoms with E-state index in [4.69, 9.17) is 9.84 Å². The number of aromatic nitrogens is 1. The molecule has 1 N–H and O–H groups in total. The van der Waals surface area contributed by atoms with Crippen molar-refractivity contribution >= 4 is 15.9 Å². The maximum atomic E-state index is 14.6. The predicted molar refractivity (Wildman–Crippen MR) is 105 cm³/mol. The maximum Gasteiger partial charge on any atom is 0.407 e. The maximum absolute atomic E-state index is 14.6. The van der Waals surface area contributed by atoms with Crippen LogP contribution in [0.3, 0.4) is 0 Å². The highest BCUT2D eigenvalue weighted by Gasteiger charge is 2.24. The number of nitrogens with zero attached hydrogens (tertiary/aromatic N) is 2. The second kappa shape index (κ2) is 8.55. The number of halogens is 2. The number of rotatable bonds is 5.